The van der Waals surface area contributed by atoms with Crippen LogP contribution < -0.4 is 5.32 Å². The molecule has 2 rings (SSSR count). The summed E-state index contributed by atoms with van der Waals surface area (Å²) < 4.78 is 0. The van der Waals surface area contributed by atoms with Gasteiger partial charge in [-0.1, -0.05) is 30.3 Å². The van der Waals surface area contributed by atoms with E-state index in [0.29, 0.717) is 5.13 Å². The molecule has 0 aliphatic carbocycles. The highest BCUT2D eigenvalue weighted by atomic mass is 35.5. The number of nitrogens with zero attached hydrogens (tertiary/aromatic N) is 1. The molecule has 17 heavy (non-hydrogen) atoms. The van der Waals surface area contributed by atoms with Gasteiger partial charge in [0.25, 0.3) is 0 Å². The Bertz CT molecular complexity index is 512. The Balaban J connectivity index is 2.06. The van der Waals surface area contributed by atoms with Gasteiger partial charge < -0.3 is 5.32 Å². The molecule has 1 amide bonds. The van der Waals surface area contributed by atoms with Gasteiger partial charge in [0.05, 0.1) is 5.69 Å². The number of halogens is 1. The number of hydrogen-bond donors (Lipinski definition) is 1. The van der Waals surface area contributed by atoms with E-state index < -0.39 is 5.38 Å². The summed E-state index contributed by atoms with van der Waals surface area (Å²) in [4.78, 5) is 16.0. The summed E-state index contributed by atoms with van der Waals surface area (Å²) in [6.45, 7) is 1.88. The number of hydrogen-bond acceptors (Lipinski definition) is 3. The van der Waals surface area contributed by atoms with Gasteiger partial charge in [-0.3, -0.25) is 4.79 Å². The number of aryl methyl sites for hydroxylation is 1. The number of anilines is 1. The van der Waals surface area contributed by atoms with Gasteiger partial charge in [-0.25, -0.2) is 4.98 Å². The van der Waals surface area contributed by atoms with E-state index in [0.717, 1.165) is 11.3 Å². The number of amides is 1. The van der Waals surface area contributed by atoms with Crippen LogP contribution in [0.25, 0.3) is 0 Å². The Morgan fingerprint density at radius 1 is 1.41 bits per heavy atom. The summed E-state index contributed by atoms with van der Waals surface area (Å²) in [5, 5.41) is 4.46. The van der Waals surface area contributed by atoms with Gasteiger partial charge in [0, 0.05) is 5.38 Å². The topological polar surface area (TPSA) is 42.0 Å². The molecule has 0 radical (unpaired) electrons. The van der Waals surface area contributed by atoms with Crippen LogP contribution in [-0.2, 0) is 4.79 Å². The second kappa shape index (κ2) is 5.29. The zero-order chi connectivity index (χ0) is 12.3. The highest BCUT2D eigenvalue weighted by Gasteiger charge is 2.18. The van der Waals surface area contributed by atoms with E-state index in [2.05, 4.69) is 10.3 Å². The van der Waals surface area contributed by atoms with Crippen molar-refractivity contribution >= 4 is 34.0 Å². The maximum atomic E-state index is 11.8. The summed E-state index contributed by atoms with van der Waals surface area (Å²) >= 11 is 7.47. The van der Waals surface area contributed by atoms with Gasteiger partial charge in [0.1, 0.15) is 5.38 Å². The monoisotopic (exact) mass is 266 g/mol. The molecule has 0 spiro atoms. The predicted octanol–water partition coefficient (Wildman–Crippen LogP) is 3.37. The van der Waals surface area contributed by atoms with Crippen LogP contribution in [0.15, 0.2) is 35.7 Å². The molecular weight excluding hydrogens is 256 g/mol. The third kappa shape index (κ3) is 3.05. The van der Waals surface area contributed by atoms with E-state index in [1.807, 2.05) is 42.6 Å². The Labute approximate surface area is 108 Å². The second-order valence-electron chi connectivity index (χ2n) is 3.56. The average molecular weight is 267 g/mol. The molecule has 0 aliphatic rings. The molecule has 1 atom stereocenters. The smallest absolute Gasteiger partial charge is 0.248 e. The average Bonchev–Trinajstić information content (AvgIpc) is 2.75. The van der Waals surface area contributed by atoms with Crippen LogP contribution in [0.4, 0.5) is 5.13 Å². The molecule has 88 valence electrons. The van der Waals surface area contributed by atoms with Crippen molar-refractivity contribution in [1.82, 2.24) is 4.98 Å². The number of nitrogens with one attached hydrogen (secondary N) is 1. The van der Waals surface area contributed by atoms with Crippen LogP contribution in [0.2, 0.25) is 0 Å². The Kier molecular flexibility index (Phi) is 3.76. The summed E-state index contributed by atoms with van der Waals surface area (Å²) in [7, 11) is 0. The summed E-state index contributed by atoms with van der Waals surface area (Å²) in [6.07, 6.45) is 0. The third-order valence-electron chi connectivity index (χ3n) is 2.17. The van der Waals surface area contributed by atoms with Gasteiger partial charge in [-0.2, -0.15) is 0 Å². The lowest BCUT2D eigenvalue weighted by Crippen LogP contribution is -2.17. The van der Waals surface area contributed by atoms with Crippen LogP contribution >= 0.6 is 22.9 Å². The van der Waals surface area contributed by atoms with Crippen LogP contribution in [0, 0.1) is 6.92 Å². The fraction of sp³-hybridized carbons (Fsp3) is 0.167. The molecule has 0 saturated heterocycles. The van der Waals surface area contributed by atoms with Crippen molar-refractivity contribution in [2.45, 2.75) is 12.3 Å². The fourth-order valence-electron chi connectivity index (χ4n) is 1.35. The van der Waals surface area contributed by atoms with E-state index in [9.17, 15) is 4.79 Å². The van der Waals surface area contributed by atoms with Crippen molar-refractivity contribution in [3.05, 3.63) is 47.0 Å². The van der Waals surface area contributed by atoms with Crippen molar-refractivity contribution in [1.29, 1.82) is 0 Å². The van der Waals surface area contributed by atoms with E-state index in [4.69, 9.17) is 11.6 Å². The van der Waals surface area contributed by atoms with Gasteiger partial charge in [0.2, 0.25) is 5.91 Å². The fourth-order valence-corrected chi connectivity index (χ4v) is 2.24. The minimum atomic E-state index is -0.694. The number of carbonyl (C=O) groups is 1. The first-order valence-corrected chi connectivity index (χ1v) is 6.40. The number of thiazole rings is 1. The molecule has 1 N–H and O–H groups in total. The maximum absolute atomic E-state index is 11.8. The first-order valence-electron chi connectivity index (χ1n) is 5.09. The lowest BCUT2D eigenvalue weighted by molar-refractivity contribution is -0.116. The SMILES string of the molecule is Cc1csc(NC(=O)C(Cl)c2ccccc2)n1. The van der Waals surface area contributed by atoms with Crippen LogP contribution in [0.1, 0.15) is 16.6 Å². The molecular formula is C12H11ClN2OS. The Morgan fingerprint density at radius 3 is 2.71 bits per heavy atom. The zero-order valence-corrected chi connectivity index (χ0v) is 10.8. The van der Waals surface area contributed by atoms with E-state index in [1.54, 1.807) is 0 Å². The molecule has 5 heteroatoms. The third-order valence-corrected chi connectivity index (χ3v) is 3.50. The lowest BCUT2D eigenvalue weighted by Gasteiger charge is -2.08. The van der Waals surface area contributed by atoms with Crippen molar-refractivity contribution < 1.29 is 4.79 Å². The number of aromatic nitrogens is 1. The summed E-state index contributed by atoms with van der Waals surface area (Å²) in [5.41, 5.74) is 1.66. The largest absolute Gasteiger partial charge is 0.300 e. The highest BCUT2D eigenvalue weighted by Crippen LogP contribution is 2.23. The predicted molar refractivity (Wildman–Crippen MR) is 70.5 cm³/mol. The molecule has 0 fully saturated rings. The number of carbonyl (C=O) groups excluding carboxylic acids is 1. The molecule has 0 saturated carbocycles. The van der Waals surface area contributed by atoms with Gasteiger partial charge >= 0.3 is 0 Å². The highest BCUT2D eigenvalue weighted by molar-refractivity contribution is 7.13. The number of rotatable bonds is 3. The van der Waals surface area contributed by atoms with Crippen molar-refractivity contribution in [2.24, 2.45) is 0 Å². The molecule has 1 aromatic heterocycles. The van der Waals surface area contributed by atoms with Crippen LogP contribution in [0.5, 0.6) is 0 Å². The van der Waals surface area contributed by atoms with Crippen LogP contribution in [0.3, 0.4) is 0 Å². The number of alkyl halides is 1. The quantitative estimate of drug-likeness (QED) is 0.866. The molecule has 1 unspecified atom stereocenters. The maximum Gasteiger partial charge on any atom is 0.248 e. The molecule has 2 aromatic rings. The van der Waals surface area contributed by atoms with Gasteiger partial charge in [0.15, 0.2) is 5.13 Å². The Morgan fingerprint density at radius 2 is 2.12 bits per heavy atom. The standard InChI is InChI=1S/C12H11ClN2OS/c1-8-7-17-12(14-8)15-11(16)10(13)9-5-3-2-4-6-9/h2-7,10H,1H3,(H,14,15,16). The summed E-state index contributed by atoms with van der Waals surface area (Å²) in [6, 6.07) is 9.24. The lowest BCUT2D eigenvalue weighted by atomic mass is 10.1. The minimum Gasteiger partial charge on any atom is -0.300 e. The van der Waals surface area contributed by atoms with Crippen molar-refractivity contribution in [3.8, 4) is 0 Å². The second-order valence-corrected chi connectivity index (χ2v) is 4.85. The molecule has 1 heterocycles. The Hall–Kier alpha value is -1.39. The molecule has 0 bridgehead atoms. The van der Waals surface area contributed by atoms with Crippen LogP contribution in [-0.4, -0.2) is 10.9 Å². The number of benzene rings is 1. The molecule has 1 aromatic carbocycles. The van der Waals surface area contributed by atoms with E-state index in [-0.39, 0.29) is 5.91 Å². The summed E-state index contributed by atoms with van der Waals surface area (Å²) in [5.74, 6) is -0.257. The first-order chi connectivity index (χ1) is 8.16. The van der Waals surface area contributed by atoms with Gasteiger partial charge in [-0.15, -0.1) is 22.9 Å². The molecule has 3 nitrogen and oxygen atoms in total. The van der Waals surface area contributed by atoms with Crippen molar-refractivity contribution in [3.63, 3.8) is 0 Å². The van der Waals surface area contributed by atoms with E-state index in [1.165, 1.54) is 11.3 Å². The van der Waals surface area contributed by atoms with E-state index >= 15 is 0 Å². The van der Waals surface area contributed by atoms with Crippen molar-refractivity contribution in [2.75, 3.05) is 5.32 Å². The zero-order valence-electron chi connectivity index (χ0n) is 9.18. The molecule has 0 aliphatic heterocycles. The first kappa shape index (κ1) is 12.1. The van der Waals surface area contributed by atoms with Gasteiger partial charge in [-0.05, 0) is 12.5 Å². The normalized spacial score (nSPS) is 12.1. The minimum absolute atomic E-state index is 0.257.